The molecule has 2 aromatic rings. The second-order valence-corrected chi connectivity index (χ2v) is 5.50. The molecule has 1 heterocycles. The smallest absolute Gasteiger partial charge is 0.335 e. The van der Waals surface area contributed by atoms with Crippen molar-refractivity contribution in [1.82, 2.24) is 4.90 Å². The molecule has 1 aliphatic rings. The van der Waals surface area contributed by atoms with Gasteiger partial charge in [-0.2, -0.15) is 0 Å². The largest absolute Gasteiger partial charge is 0.478 e. The zero-order valence-electron chi connectivity index (χ0n) is 10.8. The van der Waals surface area contributed by atoms with Gasteiger partial charge in [-0.25, -0.2) is 4.79 Å². The van der Waals surface area contributed by atoms with Crippen LogP contribution in [0.25, 0.3) is 0 Å². The van der Waals surface area contributed by atoms with Gasteiger partial charge in [-0.15, -0.1) is 0 Å². The lowest BCUT2D eigenvalue weighted by Crippen LogP contribution is -2.15. The van der Waals surface area contributed by atoms with E-state index in [-0.39, 0.29) is 0 Å². The fraction of sp³-hybridized carbons (Fsp3) is 0.188. The van der Waals surface area contributed by atoms with Gasteiger partial charge in [0.1, 0.15) is 0 Å². The van der Waals surface area contributed by atoms with Crippen molar-refractivity contribution < 1.29 is 9.90 Å². The third-order valence-corrected chi connectivity index (χ3v) is 3.77. The Hall–Kier alpha value is -1.84. The first-order valence-corrected chi connectivity index (χ1v) is 6.81. The predicted octanol–water partition coefficient (Wildman–Crippen LogP) is 3.55. The molecule has 0 fully saturated rings. The van der Waals surface area contributed by atoms with E-state index in [4.69, 9.17) is 16.7 Å². The topological polar surface area (TPSA) is 40.5 Å². The molecular formula is C16H14ClNO2. The Morgan fingerprint density at radius 2 is 1.95 bits per heavy atom. The van der Waals surface area contributed by atoms with Gasteiger partial charge in [-0.05, 0) is 41.0 Å². The summed E-state index contributed by atoms with van der Waals surface area (Å²) in [6, 6.07) is 13.2. The first kappa shape index (κ1) is 13.2. The van der Waals surface area contributed by atoms with Crippen LogP contribution in [0, 0.1) is 0 Å². The maximum absolute atomic E-state index is 11.0. The molecule has 20 heavy (non-hydrogen) atoms. The summed E-state index contributed by atoms with van der Waals surface area (Å²) in [6.07, 6.45) is 0. The molecule has 0 amide bonds. The number of hydrogen-bond acceptors (Lipinski definition) is 2. The molecule has 0 atom stereocenters. The van der Waals surface area contributed by atoms with E-state index in [1.807, 2.05) is 24.3 Å². The predicted molar refractivity (Wildman–Crippen MR) is 77.8 cm³/mol. The molecular weight excluding hydrogens is 274 g/mol. The third kappa shape index (κ3) is 2.69. The number of carbonyl (C=O) groups is 1. The highest BCUT2D eigenvalue weighted by atomic mass is 35.5. The van der Waals surface area contributed by atoms with Crippen LogP contribution in [0.5, 0.6) is 0 Å². The molecule has 0 saturated carbocycles. The highest BCUT2D eigenvalue weighted by molar-refractivity contribution is 6.30. The van der Waals surface area contributed by atoms with Gasteiger partial charge in [0, 0.05) is 24.7 Å². The molecule has 3 nitrogen and oxygen atoms in total. The van der Waals surface area contributed by atoms with Crippen LogP contribution < -0.4 is 0 Å². The normalized spacial score (nSPS) is 14.2. The summed E-state index contributed by atoms with van der Waals surface area (Å²) >= 11 is 5.99. The van der Waals surface area contributed by atoms with Gasteiger partial charge in [0.25, 0.3) is 0 Å². The number of aromatic carboxylic acids is 1. The number of hydrogen-bond donors (Lipinski definition) is 1. The summed E-state index contributed by atoms with van der Waals surface area (Å²) < 4.78 is 0. The third-order valence-electron chi connectivity index (χ3n) is 3.54. The minimum Gasteiger partial charge on any atom is -0.478 e. The van der Waals surface area contributed by atoms with E-state index in [9.17, 15) is 4.79 Å². The lowest BCUT2D eigenvalue weighted by molar-refractivity contribution is 0.0696. The van der Waals surface area contributed by atoms with Gasteiger partial charge >= 0.3 is 5.97 Å². The van der Waals surface area contributed by atoms with Gasteiger partial charge < -0.3 is 5.11 Å². The number of fused-ring (bicyclic) bond motifs is 1. The SMILES string of the molecule is O=C(O)c1ccc2c(c1)CN(Cc1cccc(Cl)c1)C2. The van der Waals surface area contributed by atoms with E-state index in [1.165, 1.54) is 11.1 Å². The summed E-state index contributed by atoms with van der Waals surface area (Å²) in [5.41, 5.74) is 3.83. The molecule has 0 radical (unpaired) electrons. The lowest BCUT2D eigenvalue weighted by atomic mass is 10.1. The van der Waals surface area contributed by atoms with Crippen molar-refractivity contribution >= 4 is 17.6 Å². The molecule has 0 unspecified atom stereocenters. The number of carboxylic acids is 1. The fourth-order valence-electron chi connectivity index (χ4n) is 2.60. The molecule has 1 N–H and O–H groups in total. The molecule has 102 valence electrons. The van der Waals surface area contributed by atoms with E-state index < -0.39 is 5.97 Å². The first-order chi connectivity index (χ1) is 9.61. The molecule has 2 aromatic carbocycles. The molecule has 0 bridgehead atoms. The van der Waals surface area contributed by atoms with Gasteiger partial charge in [-0.3, -0.25) is 4.90 Å². The lowest BCUT2D eigenvalue weighted by Gasteiger charge is -2.14. The zero-order chi connectivity index (χ0) is 14.1. The van der Waals surface area contributed by atoms with Crippen molar-refractivity contribution in [2.24, 2.45) is 0 Å². The van der Waals surface area contributed by atoms with Crippen LogP contribution in [0.2, 0.25) is 5.02 Å². The standard InChI is InChI=1S/C16H14ClNO2/c17-15-3-1-2-11(6-15)8-18-9-13-5-4-12(16(19)20)7-14(13)10-18/h1-7H,8-10H2,(H,19,20). The van der Waals surface area contributed by atoms with Crippen molar-refractivity contribution in [2.75, 3.05) is 0 Å². The van der Waals surface area contributed by atoms with E-state index in [1.54, 1.807) is 12.1 Å². The van der Waals surface area contributed by atoms with E-state index in [2.05, 4.69) is 11.0 Å². The Bertz CT molecular complexity index is 669. The molecule has 1 aliphatic heterocycles. The van der Waals surface area contributed by atoms with Crippen LogP contribution in [0.1, 0.15) is 27.0 Å². The fourth-order valence-corrected chi connectivity index (χ4v) is 2.82. The summed E-state index contributed by atoms with van der Waals surface area (Å²) in [7, 11) is 0. The Balaban J connectivity index is 1.75. The molecule has 0 saturated heterocycles. The number of rotatable bonds is 3. The van der Waals surface area contributed by atoms with Crippen LogP contribution in [0.4, 0.5) is 0 Å². The average molecular weight is 288 g/mol. The van der Waals surface area contributed by atoms with Gasteiger partial charge in [0.15, 0.2) is 0 Å². The second kappa shape index (κ2) is 5.27. The Morgan fingerprint density at radius 3 is 2.70 bits per heavy atom. The van der Waals surface area contributed by atoms with Crippen LogP contribution in [-0.4, -0.2) is 16.0 Å². The zero-order valence-corrected chi connectivity index (χ0v) is 11.6. The first-order valence-electron chi connectivity index (χ1n) is 6.44. The van der Waals surface area contributed by atoms with Crippen LogP contribution in [-0.2, 0) is 19.6 Å². The van der Waals surface area contributed by atoms with Gasteiger partial charge in [0.2, 0.25) is 0 Å². The van der Waals surface area contributed by atoms with Crippen molar-refractivity contribution in [1.29, 1.82) is 0 Å². The molecule has 0 aliphatic carbocycles. The molecule has 0 aromatic heterocycles. The van der Waals surface area contributed by atoms with E-state index >= 15 is 0 Å². The summed E-state index contributed by atoms with van der Waals surface area (Å²) in [4.78, 5) is 13.3. The highest BCUT2D eigenvalue weighted by Gasteiger charge is 2.20. The van der Waals surface area contributed by atoms with Crippen LogP contribution in [0.3, 0.4) is 0 Å². The van der Waals surface area contributed by atoms with E-state index in [0.29, 0.717) is 5.56 Å². The minimum atomic E-state index is -0.874. The van der Waals surface area contributed by atoms with Crippen molar-refractivity contribution in [3.05, 3.63) is 69.7 Å². The minimum absolute atomic E-state index is 0.355. The quantitative estimate of drug-likeness (QED) is 0.938. The Morgan fingerprint density at radius 1 is 1.15 bits per heavy atom. The van der Waals surface area contributed by atoms with Crippen molar-refractivity contribution in [3.8, 4) is 0 Å². The molecule has 3 rings (SSSR count). The van der Waals surface area contributed by atoms with Crippen molar-refractivity contribution in [3.63, 3.8) is 0 Å². The monoisotopic (exact) mass is 287 g/mol. The van der Waals surface area contributed by atoms with Crippen LogP contribution >= 0.6 is 11.6 Å². The summed E-state index contributed by atoms with van der Waals surface area (Å²) in [5, 5.41) is 9.76. The molecule has 0 spiro atoms. The molecule has 4 heteroatoms. The number of nitrogens with zero attached hydrogens (tertiary/aromatic N) is 1. The highest BCUT2D eigenvalue weighted by Crippen LogP contribution is 2.26. The number of halogens is 1. The Labute approximate surface area is 122 Å². The van der Waals surface area contributed by atoms with E-state index in [0.717, 1.165) is 30.2 Å². The maximum Gasteiger partial charge on any atom is 0.335 e. The second-order valence-electron chi connectivity index (χ2n) is 5.06. The van der Waals surface area contributed by atoms with Crippen LogP contribution in [0.15, 0.2) is 42.5 Å². The Kier molecular flexibility index (Phi) is 3.47. The van der Waals surface area contributed by atoms with Gasteiger partial charge in [0.05, 0.1) is 5.56 Å². The summed E-state index contributed by atoms with van der Waals surface area (Å²) in [6.45, 7) is 2.45. The number of benzene rings is 2. The van der Waals surface area contributed by atoms with Gasteiger partial charge in [-0.1, -0.05) is 29.8 Å². The average Bonchev–Trinajstić information content (AvgIpc) is 2.79. The van der Waals surface area contributed by atoms with Crippen molar-refractivity contribution in [2.45, 2.75) is 19.6 Å². The maximum atomic E-state index is 11.0. The summed E-state index contributed by atoms with van der Waals surface area (Å²) in [5.74, 6) is -0.874. The number of carboxylic acid groups (broad SMARTS) is 1.